The summed E-state index contributed by atoms with van der Waals surface area (Å²) in [6, 6.07) is 9.91. The van der Waals surface area contributed by atoms with Gasteiger partial charge in [-0.2, -0.15) is 0 Å². The predicted octanol–water partition coefficient (Wildman–Crippen LogP) is 8.28. The van der Waals surface area contributed by atoms with Gasteiger partial charge in [0.15, 0.2) is 11.4 Å². The van der Waals surface area contributed by atoms with E-state index >= 15 is 0 Å². The van der Waals surface area contributed by atoms with Crippen molar-refractivity contribution in [3.05, 3.63) is 57.7 Å². The third-order valence-electron chi connectivity index (χ3n) is 7.26. The van der Waals surface area contributed by atoms with E-state index in [1.807, 2.05) is 24.3 Å². The van der Waals surface area contributed by atoms with Gasteiger partial charge in [-0.05, 0) is 67.6 Å². The predicted molar refractivity (Wildman–Crippen MR) is 127 cm³/mol. The molecule has 4 rings (SSSR count). The second-order valence-electron chi connectivity index (χ2n) is 9.43. The zero-order valence-electron chi connectivity index (χ0n) is 19.0. The average Bonchev–Trinajstić information content (AvgIpc) is 2.80. The Bertz CT molecular complexity index is 1090. The summed E-state index contributed by atoms with van der Waals surface area (Å²) in [5.74, 6) is 0.993. The fourth-order valence-corrected chi connectivity index (χ4v) is 5.30. The molecule has 1 aliphatic carbocycles. The van der Waals surface area contributed by atoms with Gasteiger partial charge in [0.25, 0.3) is 0 Å². The van der Waals surface area contributed by atoms with E-state index < -0.39 is 5.63 Å². The first-order valence-corrected chi connectivity index (χ1v) is 12.3. The van der Waals surface area contributed by atoms with Crippen molar-refractivity contribution in [2.45, 2.75) is 90.4 Å². The Morgan fingerprint density at radius 1 is 0.903 bits per heavy atom. The molecule has 0 bridgehead atoms. The van der Waals surface area contributed by atoms with Crippen molar-refractivity contribution in [2.75, 3.05) is 0 Å². The van der Waals surface area contributed by atoms with Gasteiger partial charge in [0, 0.05) is 10.8 Å². The number of halogens is 1. The van der Waals surface area contributed by atoms with Crippen LogP contribution in [-0.4, -0.2) is 0 Å². The Hall–Kier alpha value is -2.16. The highest BCUT2D eigenvalue weighted by atomic mass is 19.1. The van der Waals surface area contributed by atoms with Crippen molar-refractivity contribution < 1.29 is 8.81 Å². The highest BCUT2D eigenvalue weighted by molar-refractivity contribution is 6.04. The maximum atomic E-state index is 15.0. The number of benzene rings is 2. The summed E-state index contributed by atoms with van der Waals surface area (Å²) in [5.41, 5.74) is 1.53. The minimum atomic E-state index is -0.427. The molecule has 0 radical (unpaired) electrons. The van der Waals surface area contributed by atoms with Crippen LogP contribution in [-0.2, 0) is 6.42 Å². The highest BCUT2D eigenvalue weighted by Crippen LogP contribution is 2.39. The van der Waals surface area contributed by atoms with Crippen LogP contribution in [0.1, 0.15) is 95.1 Å². The van der Waals surface area contributed by atoms with E-state index in [9.17, 15) is 9.18 Å². The number of fused-ring (bicyclic) bond motifs is 3. The summed E-state index contributed by atoms with van der Waals surface area (Å²) >= 11 is 0. The number of hydrogen-bond acceptors (Lipinski definition) is 2. The lowest BCUT2D eigenvalue weighted by Gasteiger charge is -2.29. The van der Waals surface area contributed by atoms with Gasteiger partial charge in [-0.15, -0.1) is 0 Å². The molecule has 0 N–H and O–H groups in total. The zero-order valence-corrected chi connectivity index (χ0v) is 19.0. The summed E-state index contributed by atoms with van der Waals surface area (Å²) in [6.45, 7) is 4.35. The fourth-order valence-electron chi connectivity index (χ4n) is 5.30. The summed E-state index contributed by atoms with van der Waals surface area (Å²) in [5, 5.41) is 2.07. The van der Waals surface area contributed by atoms with Crippen LogP contribution in [0.2, 0.25) is 0 Å². The Morgan fingerprint density at radius 3 is 2.39 bits per heavy atom. The smallest absolute Gasteiger partial charge is 0.344 e. The van der Waals surface area contributed by atoms with Crippen LogP contribution in [0, 0.1) is 11.7 Å². The Morgan fingerprint density at radius 2 is 1.65 bits per heavy atom. The summed E-state index contributed by atoms with van der Waals surface area (Å²) < 4.78 is 20.5. The topological polar surface area (TPSA) is 30.2 Å². The molecule has 1 aliphatic rings. The minimum absolute atomic E-state index is 0.103. The van der Waals surface area contributed by atoms with Gasteiger partial charge in [-0.25, -0.2) is 9.18 Å². The van der Waals surface area contributed by atoms with Gasteiger partial charge in [0.05, 0.1) is 5.39 Å². The SMILES string of the molecule is CCCCCC1CCC(c2ccc3c(c2)c(=O)oc2c(F)c(CCCC)ccc23)CC1. The lowest BCUT2D eigenvalue weighted by Crippen LogP contribution is -2.14. The summed E-state index contributed by atoms with van der Waals surface area (Å²) in [7, 11) is 0. The normalized spacial score (nSPS) is 19.3. The van der Waals surface area contributed by atoms with Gasteiger partial charge in [0.1, 0.15) is 0 Å². The largest absolute Gasteiger partial charge is 0.419 e. The van der Waals surface area contributed by atoms with E-state index in [4.69, 9.17) is 4.42 Å². The van der Waals surface area contributed by atoms with Crippen LogP contribution in [0.15, 0.2) is 39.5 Å². The van der Waals surface area contributed by atoms with Crippen LogP contribution < -0.4 is 5.63 Å². The third-order valence-corrected chi connectivity index (χ3v) is 7.26. The Labute approximate surface area is 184 Å². The third kappa shape index (κ3) is 4.71. The number of unbranched alkanes of at least 4 members (excludes halogenated alkanes) is 3. The molecule has 0 atom stereocenters. The Balaban J connectivity index is 1.59. The van der Waals surface area contributed by atoms with Crippen LogP contribution in [0.5, 0.6) is 0 Å². The first-order valence-electron chi connectivity index (χ1n) is 12.3. The van der Waals surface area contributed by atoms with Gasteiger partial charge < -0.3 is 4.42 Å². The average molecular weight is 423 g/mol. The number of rotatable bonds is 8. The second kappa shape index (κ2) is 9.97. The molecule has 3 aromatic rings. The number of aryl methyl sites for hydroxylation is 1. The van der Waals surface area contributed by atoms with Crippen LogP contribution in [0.25, 0.3) is 21.7 Å². The van der Waals surface area contributed by atoms with Gasteiger partial charge in [-0.3, -0.25) is 0 Å². The molecule has 166 valence electrons. The van der Waals surface area contributed by atoms with Crippen molar-refractivity contribution in [1.82, 2.24) is 0 Å². The first kappa shape index (κ1) is 22.0. The van der Waals surface area contributed by atoms with Crippen LogP contribution in [0.4, 0.5) is 4.39 Å². The molecule has 2 aromatic carbocycles. The Kier molecular flexibility index (Phi) is 7.09. The molecule has 1 saturated carbocycles. The van der Waals surface area contributed by atoms with Crippen molar-refractivity contribution in [1.29, 1.82) is 0 Å². The monoisotopic (exact) mass is 422 g/mol. The molecule has 1 fully saturated rings. The second-order valence-corrected chi connectivity index (χ2v) is 9.43. The van der Waals surface area contributed by atoms with Crippen LogP contribution >= 0.6 is 0 Å². The van der Waals surface area contributed by atoms with E-state index in [0.717, 1.165) is 24.1 Å². The maximum Gasteiger partial charge on any atom is 0.344 e. The van der Waals surface area contributed by atoms with E-state index in [0.29, 0.717) is 28.7 Å². The van der Waals surface area contributed by atoms with E-state index in [-0.39, 0.29) is 11.4 Å². The number of hydrogen-bond donors (Lipinski definition) is 0. The molecule has 1 aromatic heterocycles. The molecule has 2 nitrogen and oxygen atoms in total. The van der Waals surface area contributed by atoms with Crippen LogP contribution in [0.3, 0.4) is 0 Å². The van der Waals surface area contributed by atoms with Gasteiger partial charge >= 0.3 is 5.63 Å². The molecular weight excluding hydrogens is 387 g/mol. The first-order chi connectivity index (χ1) is 15.1. The molecule has 1 heterocycles. The quantitative estimate of drug-likeness (QED) is 0.208. The summed E-state index contributed by atoms with van der Waals surface area (Å²) in [4.78, 5) is 12.8. The fraction of sp³-hybridized carbons (Fsp3) is 0.536. The lowest BCUT2D eigenvalue weighted by molar-refractivity contribution is 0.303. The van der Waals surface area contributed by atoms with Crippen molar-refractivity contribution in [2.24, 2.45) is 5.92 Å². The van der Waals surface area contributed by atoms with E-state index in [2.05, 4.69) is 19.9 Å². The molecule has 0 saturated heterocycles. The van der Waals surface area contributed by atoms with Crippen molar-refractivity contribution >= 4 is 21.7 Å². The van der Waals surface area contributed by atoms with Gasteiger partial charge in [0.2, 0.25) is 0 Å². The molecule has 0 amide bonds. The zero-order chi connectivity index (χ0) is 21.8. The molecule has 3 heteroatoms. The molecule has 31 heavy (non-hydrogen) atoms. The summed E-state index contributed by atoms with van der Waals surface area (Å²) in [6.07, 6.45) is 12.9. The van der Waals surface area contributed by atoms with Gasteiger partial charge in [-0.1, -0.05) is 70.2 Å². The molecule has 0 spiro atoms. The van der Waals surface area contributed by atoms with E-state index in [1.54, 1.807) is 0 Å². The van der Waals surface area contributed by atoms with E-state index in [1.165, 1.54) is 56.9 Å². The molecule has 0 unspecified atom stereocenters. The molecule has 0 aliphatic heterocycles. The minimum Gasteiger partial charge on any atom is -0.419 e. The van der Waals surface area contributed by atoms with Crippen molar-refractivity contribution in [3.63, 3.8) is 0 Å². The standard InChI is InChI=1S/C28H35FO2/c1-3-5-7-8-19-10-12-20(13-11-19)22-15-16-23-24-17-14-21(9-6-4-2)26(29)27(24)31-28(30)25(23)18-22/h14-20H,3-13H2,1-2H3. The maximum absolute atomic E-state index is 15.0. The molecular formula is C28H35FO2. The highest BCUT2D eigenvalue weighted by Gasteiger charge is 2.23. The van der Waals surface area contributed by atoms with Crippen molar-refractivity contribution in [3.8, 4) is 0 Å². The lowest BCUT2D eigenvalue weighted by atomic mass is 9.77.